The van der Waals surface area contributed by atoms with Gasteiger partial charge in [-0.05, 0) is 70.6 Å². The van der Waals surface area contributed by atoms with Crippen molar-refractivity contribution in [2.24, 2.45) is 0 Å². The van der Waals surface area contributed by atoms with E-state index in [1.165, 1.54) is 212 Å². The monoisotopic (exact) mass is 1090 g/mol. The van der Waals surface area contributed by atoms with Gasteiger partial charge in [-0.2, -0.15) is 0 Å². The van der Waals surface area contributed by atoms with Crippen molar-refractivity contribution < 1.29 is 28.6 Å². The fourth-order valence-electron chi connectivity index (χ4n) is 9.92. The molecule has 0 saturated heterocycles. The summed E-state index contributed by atoms with van der Waals surface area (Å²) in [4.78, 5) is 38.2. The summed E-state index contributed by atoms with van der Waals surface area (Å²) in [7, 11) is 0. The van der Waals surface area contributed by atoms with Crippen molar-refractivity contribution in [2.75, 3.05) is 13.2 Å². The summed E-state index contributed by atoms with van der Waals surface area (Å²) < 4.78 is 16.9. The Morgan fingerprint density at radius 1 is 0.269 bits per heavy atom. The zero-order valence-corrected chi connectivity index (χ0v) is 51.9. The van der Waals surface area contributed by atoms with Crippen LogP contribution in [0.4, 0.5) is 0 Å². The molecule has 0 aromatic carbocycles. The maximum absolute atomic E-state index is 12.9. The molecule has 0 saturated carbocycles. The molecule has 0 N–H and O–H groups in total. The number of hydrogen-bond donors (Lipinski definition) is 0. The maximum atomic E-state index is 12.9. The number of allylic oxidation sites excluding steroid dienone is 12. The molecule has 0 aliphatic carbocycles. The first-order valence-corrected chi connectivity index (χ1v) is 33.9. The summed E-state index contributed by atoms with van der Waals surface area (Å²) in [5.41, 5.74) is 0. The zero-order chi connectivity index (χ0) is 56.4. The summed E-state index contributed by atoms with van der Waals surface area (Å²) in [5.74, 6) is -0.847. The molecule has 0 rings (SSSR count). The minimum Gasteiger partial charge on any atom is -0.462 e. The molecule has 6 heteroatoms. The Balaban J connectivity index is 4.07. The molecule has 78 heavy (non-hydrogen) atoms. The van der Waals surface area contributed by atoms with Crippen LogP contribution in [-0.4, -0.2) is 37.2 Å². The molecule has 452 valence electrons. The molecule has 0 amide bonds. The van der Waals surface area contributed by atoms with Gasteiger partial charge in [-0.15, -0.1) is 0 Å². The summed E-state index contributed by atoms with van der Waals surface area (Å²) in [6, 6.07) is 0. The van der Waals surface area contributed by atoms with Gasteiger partial charge in [0.05, 0.1) is 0 Å². The molecule has 0 aliphatic heterocycles. The molecular weight excluding hydrogens is 961 g/mol. The quantitative estimate of drug-likeness (QED) is 0.0261. The molecule has 0 fully saturated rings. The maximum Gasteiger partial charge on any atom is 0.306 e. The fraction of sp³-hybridized carbons (Fsp3) is 0.792. The minimum atomic E-state index is -0.769. The van der Waals surface area contributed by atoms with Gasteiger partial charge in [-0.25, -0.2) is 0 Å². The minimum absolute atomic E-state index is 0.0674. The molecule has 0 aromatic rings. The van der Waals surface area contributed by atoms with Gasteiger partial charge in [-0.1, -0.05) is 331 Å². The van der Waals surface area contributed by atoms with Gasteiger partial charge >= 0.3 is 17.9 Å². The Kier molecular flexibility index (Phi) is 63.7. The highest BCUT2D eigenvalue weighted by molar-refractivity contribution is 5.71. The first-order valence-electron chi connectivity index (χ1n) is 33.9. The Morgan fingerprint density at radius 3 is 0.782 bits per heavy atom. The van der Waals surface area contributed by atoms with Gasteiger partial charge in [0, 0.05) is 19.3 Å². The van der Waals surface area contributed by atoms with Crippen molar-refractivity contribution in [1.29, 1.82) is 0 Å². The molecule has 0 spiro atoms. The lowest BCUT2D eigenvalue weighted by atomic mass is 10.0. The molecule has 6 nitrogen and oxygen atoms in total. The second kappa shape index (κ2) is 66.4. The Bertz CT molecular complexity index is 1440. The van der Waals surface area contributed by atoms with Crippen LogP contribution >= 0.6 is 0 Å². The van der Waals surface area contributed by atoms with Crippen LogP contribution in [0.3, 0.4) is 0 Å². The first kappa shape index (κ1) is 74.8. The number of rotatable bonds is 62. The molecule has 0 heterocycles. The van der Waals surface area contributed by atoms with E-state index >= 15 is 0 Å². The standard InChI is InChI=1S/C72H128O6/c1-4-7-10-13-16-19-22-25-26-27-28-29-30-31-32-33-34-35-36-37-38-39-40-41-42-43-44-45-46-48-50-53-56-59-62-65-71(74)77-68-69(67-76-70(73)64-61-58-55-52-49-24-21-18-15-12-9-6-3)78-72(75)66-63-60-57-54-51-47-23-20-17-14-11-8-5-2/h7,10,16,19,25-26,28-29,31-32,34-35,69H,4-6,8-9,11-15,17-18,20-24,27,30,33,36-68H2,1-3H3/b10-7-,19-16-,26-25-,29-28-,32-31-,35-34-. The van der Waals surface area contributed by atoms with E-state index < -0.39 is 6.10 Å². The highest BCUT2D eigenvalue weighted by Gasteiger charge is 2.19. The predicted octanol–water partition coefficient (Wildman–Crippen LogP) is 23.3. The number of carbonyl (C=O) groups is 3. The smallest absolute Gasteiger partial charge is 0.306 e. The van der Waals surface area contributed by atoms with Crippen molar-refractivity contribution in [3.63, 3.8) is 0 Å². The number of carbonyl (C=O) groups excluding carboxylic acids is 3. The van der Waals surface area contributed by atoms with Gasteiger partial charge in [0.15, 0.2) is 6.10 Å². The predicted molar refractivity (Wildman–Crippen MR) is 339 cm³/mol. The van der Waals surface area contributed by atoms with E-state index in [-0.39, 0.29) is 31.1 Å². The summed E-state index contributed by atoms with van der Waals surface area (Å²) in [5, 5.41) is 0. The van der Waals surface area contributed by atoms with Gasteiger partial charge < -0.3 is 14.2 Å². The van der Waals surface area contributed by atoms with Crippen LogP contribution in [0.2, 0.25) is 0 Å². The lowest BCUT2D eigenvalue weighted by Crippen LogP contribution is -2.30. The van der Waals surface area contributed by atoms with E-state index in [0.717, 1.165) is 96.3 Å². The molecule has 1 atom stereocenters. The first-order chi connectivity index (χ1) is 38.5. The van der Waals surface area contributed by atoms with Crippen molar-refractivity contribution in [2.45, 2.75) is 354 Å². The third-order valence-electron chi connectivity index (χ3n) is 15.0. The van der Waals surface area contributed by atoms with E-state index in [4.69, 9.17) is 14.2 Å². The van der Waals surface area contributed by atoms with E-state index in [0.29, 0.717) is 19.3 Å². The van der Waals surface area contributed by atoms with Gasteiger partial charge in [-0.3, -0.25) is 14.4 Å². The van der Waals surface area contributed by atoms with E-state index in [2.05, 4.69) is 93.7 Å². The molecule has 0 bridgehead atoms. The van der Waals surface area contributed by atoms with Crippen LogP contribution in [0.1, 0.15) is 348 Å². The largest absolute Gasteiger partial charge is 0.462 e. The van der Waals surface area contributed by atoms with Crippen molar-refractivity contribution in [3.05, 3.63) is 72.9 Å². The summed E-state index contributed by atoms with van der Waals surface area (Å²) in [6.45, 7) is 6.56. The topological polar surface area (TPSA) is 78.9 Å². The molecule has 0 aromatic heterocycles. The van der Waals surface area contributed by atoms with Crippen molar-refractivity contribution >= 4 is 17.9 Å². The van der Waals surface area contributed by atoms with Gasteiger partial charge in [0.1, 0.15) is 13.2 Å². The number of unbranched alkanes of at least 4 members (excludes halogenated alkanes) is 39. The van der Waals surface area contributed by atoms with Gasteiger partial charge in [0.25, 0.3) is 0 Å². The number of hydrogen-bond acceptors (Lipinski definition) is 6. The average Bonchev–Trinajstić information content (AvgIpc) is 3.44. The second-order valence-corrected chi connectivity index (χ2v) is 22.7. The lowest BCUT2D eigenvalue weighted by Gasteiger charge is -2.18. The zero-order valence-electron chi connectivity index (χ0n) is 51.9. The van der Waals surface area contributed by atoms with Crippen molar-refractivity contribution in [1.82, 2.24) is 0 Å². The molecule has 0 aliphatic rings. The molecule has 0 radical (unpaired) electrons. The van der Waals surface area contributed by atoms with Crippen LogP contribution in [0.15, 0.2) is 72.9 Å². The van der Waals surface area contributed by atoms with Crippen LogP contribution in [0, 0.1) is 0 Å². The summed E-state index contributed by atoms with van der Waals surface area (Å²) >= 11 is 0. The van der Waals surface area contributed by atoms with Gasteiger partial charge in [0.2, 0.25) is 0 Å². The van der Waals surface area contributed by atoms with Crippen LogP contribution < -0.4 is 0 Å². The number of esters is 3. The van der Waals surface area contributed by atoms with E-state index in [1.807, 2.05) is 0 Å². The third-order valence-corrected chi connectivity index (χ3v) is 15.0. The SMILES string of the molecule is CC/C=C\C/C=C\C/C=C\C/C=C\C/C=C\C/C=C\CCCCCCCCCCCCCCCCCCC(=O)OCC(COC(=O)CCCCCCCCCCCCCC)OC(=O)CCCCCCCCCCCCCCC. The normalized spacial score (nSPS) is 12.5. The third kappa shape index (κ3) is 63.7. The van der Waals surface area contributed by atoms with Crippen LogP contribution in [0.25, 0.3) is 0 Å². The molecular formula is C72H128O6. The fourth-order valence-corrected chi connectivity index (χ4v) is 9.92. The van der Waals surface area contributed by atoms with Crippen molar-refractivity contribution in [3.8, 4) is 0 Å². The molecule has 1 unspecified atom stereocenters. The van der Waals surface area contributed by atoms with E-state index in [9.17, 15) is 14.4 Å². The Hall–Kier alpha value is -3.15. The Labute approximate surface area is 484 Å². The summed E-state index contributed by atoms with van der Waals surface area (Å²) in [6.07, 6.45) is 86.5. The average molecular weight is 1090 g/mol. The lowest BCUT2D eigenvalue weighted by molar-refractivity contribution is -0.167. The highest BCUT2D eigenvalue weighted by Crippen LogP contribution is 2.18. The highest BCUT2D eigenvalue weighted by atomic mass is 16.6. The van der Waals surface area contributed by atoms with Crippen LogP contribution in [-0.2, 0) is 28.6 Å². The Morgan fingerprint density at radius 2 is 0.500 bits per heavy atom. The van der Waals surface area contributed by atoms with E-state index in [1.54, 1.807) is 0 Å². The van der Waals surface area contributed by atoms with Crippen LogP contribution in [0.5, 0.6) is 0 Å². The number of ether oxygens (including phenoxy) is 3. The second-order valence-electron chi connectivity index (χ2n) is 22.7.